The average Bonchev–Trinajstić information content (AvgIpc) is 2.17. The molecule has 0 spiro atoms. The van der Waals surface area contributed by atoms with Gasteiger partial charge >= 0.3 is 5.97 Å². The van der Waals surface area contributed by atoms with Gasteiger partial charge in [0, 0.05) is 5.69 Å². The third kappa shape index (κ3) is 3.08. The highest BCUT2D eigenvalue weighted by molar-refractivity contribution is 6.04. The summed E-state index contributed by atoms with van der Waals surface area (Å²) in [7, 11) is 0. The van der Waals surface area contributed by atoms with Crippen LogP contribution in [0, 0.1) is 11.8 Å². The number of amides is 1. The second-order valence-electron chi connectivity index (χ2n) is 3.92. The Kier molecular flexibility index (Phi) is 4.05. The van der Waals surface area contributed by atoms with Crippen LogP contribution in [0.15, 0.2) is 30.3 Å². The van der Waals surface area contributed by atoms with E-state index in [2.05, 4.69) is 5.32 Å². The summed E-state index contributed by atoms with van der Waals surface area (Å²) in [6.45, 7) is 3.42. The van der Waals surface area contributed by atoms with Gasteiger partial charge in [0.05, 0.1) is 0 Å². The van der Waals surface area contributed by atoms with Crippen LogP contribution in [0.5, 0.6) is 0 Å². The van der Waals surface area contributed by atoms with E-state index in [0.717, 1.165) is 0 Å². The van der Waals surface area contributed by atoms with Gasteiger partial charge in [-0.25, -0.2) is 0 Å². The molecular weight excluding hydrogens is 206 g/mol. The number of carboxylic acids is 1. The summed E-state index contributed by atoms with van der Waals surface area (Å²) >= 11 is 0. The van der Waals surface area contributed by atoms with Crippen LogP contribution in [0.1, 0.15) is 13.8 Å². The van der Waals surface area contributed by atoms with E-state index < -0.39 is 17.8 Å². The quantitative estimate of drug-likeness (QED) is 0.764. The molecule has 0 aromatic heterocycles. The zero-order valence-electron chi connectivity index (χ0n) is 9.31. The molecule has 0 heterocycles. The summed E-state index contributed by atoms with van der Waals surface area (Å²) in [4.78, 5) is 22.6. The molecule has 16 heavy (non-hydrogen) atoms. The number of rotatable bonds is 4. The van der Waals surface area contributed by atoms with E-state index in [1.165, 1.54) is 0 Å². The van der Waals surface area contributed by atoms with Crippen LogP contribution in [-0.4, -0.2) is 17.0 Å². The van der Waals surface area contributed by atoms with Crippen LogP contribution in [0.3, 0.4) is 0 Å². The van der Waals surface area contributed by atoms with E-state index in [1.54, 1.807) is 38.1 Å². The van der Waals surface area contributed by atoms with Gasteiger partial charge < -0.3 is 10.4 Å². The first-order valence-electron chi connectivity index (χ1n) is 5.11. The minimum Gasteiger partial charge on any atom is -0.481 e. The molecule has 2 N–H and O–H groups in total. The maximum Gasteiger partial charge on any atom is 0.316 e. The fourth-order valence-electron chi connectivity index (χ4n) is 1.44. The topological polar surface area (TPSA) is 66.4 Å². The van der Waals surface area contributed by atoms with Crippen molar-refractivity contribution >= 4 is 17.6 Å². The van der Waals surface area contributed by atoms with Crippen molar-refractivity contribution in [3.63, 3.8) is 0 Å². The molecule has 1 atom stereocenters. The Morgan fingerprint density at radius 3 is 2.19 bits per heavy atom. The Hall–Kier alpha value is -1.84. The van der Waals surface area contributed by atoms with Gasteiger partial charge in [-0.05, 0) is 18.1 Å². The molecule has 0 fully saturated rings. The van der Waals surface area contributed by atoms with Crippen molar-refractivity contribution in [2.24, 2.45) is 11.8 Å². The van der Waals surface area contributed by atoms with E-state index in [-0.39, 0.29) is 5.92 Å². The molecule has 4 nitrogen and oxygen atoms in total. The molecule has 1 rings (SSSR count). The number of para-hydroxylation sites is 1. The zero-order valence-corrected chi connectivity index (χ0v) is 9.31. The minimum absolute atomic E-state index is 0.235. The molecule has 4 heteroatoms. The van der Waals surface area contributed by atoms with Crippen LogP contribution in [0.4, 0.5) is 5.69 Å². The number of benzene rings is 1. The van der Waals surface area contributed by atoms with Gasteiger partial charge in [-0.3, -0.25) is 9.59 Å². The molecule has 0 saturated carbocycles. The standard InChI is InChI=1S/C12H15NO3/c1-8(2)10(12(15)16)11(14)13-9-6-4-3-5-7-9/h3-8,10H,1-2H3,(H,13,14)(H,15,16). The SMILES string of the molecule is CC(C)C(C(=O)O)C(=O)Nc1ccccc1. The third-order valence-electron chi connectivity index (χ3n) is 2.26. The first-order chi connectivity index (χ1) is 7.52. The maximum atomic E-state index is 11.7. The number of anilines is 1. The molecular formula is C12H15NO3. The highest BCUT2D eigenvalue weighted by atomic mass is 16.4. The Morgan fingerprint density at radius 2 is 1.75 bits per heavy atom. The van der Waals surface area contributed by atoms with E-state index in [4.69, 9.17) is 5.11 Å². The van der Waals surface area contributed by atoms with Gasteiger partial charge in [-0.1, -0.05) is 32.0 Å². The zero-order chi connectivity index (χ0) is 12.1. The molecule has 1 aromatic carbocycles. The largest absolute Gasteiger partial charge is 0.481 e. The Balaban J connectivity index is 2.74. The lowest BCUT2D eigenvalue weighted by atomic mass is 9.95. The van der Waals surface area contributed by atoms with Crippen molar-refractivity contribution in [3.05, 3.63) is 30.3 Å². The molecule has 0 bridgehead atoms. The van der Waals surface area contributed by atoms with Crippen molar-refractivity contribution in [1.82, 2.24) is 0 Å². The van der Waals surface area contributed by atoms with Crippen molar-refractivity contribution in [3.8, 4) is 0 Å². The van der Waals surface area contributed by atoms with Crippen LogP contribution < -0.4 is 5.32 Å². The molecule has 0 saturated heterocycles. The highest BCUT2D eigenvalue weighted by Crippen LogP contribution is 2.14. The Morgan fingerprint density at radius 1 is 1.19 bits per heavy atom. The van der Waals surface area contributed by atoms with Crippen LogP contribution in [0.2, 0.25) is 0 Å². The first-order valence-corrected chi connectivity index (χ1v) is 5.11. The van der Waals surface area contributed by atoms with E-state index >= 15 is 0 Å². The lowest BCUT2D eigenvalue weighted by Crippen LogP contribution is -2.33. The molecule has 1 unspecified atom stereocenters. The second kappa shape index (κ2) is 5.30. The summed E-state index contributed by atoms with van der Waals surface area (Å²) < 4.78 is 0. The van der Waals surface area contributed by atoms with Gasteiger partial charge in [0.2, 0.25) is 5.91 Å². The number of aliphatic carboxylic acids is 1. The van der Waals surface area contributed by atoms with Gasteiger partial charge in [0.15, 0.2) is 0 Å². The van der Waals surface area contributed by atoms with Crippen molar-refractivity contribution < 1.29 is 14.7 Å². The normalized spacial score (nSPS) is 12.2. The molecule has 0 radical (unpaired) electrons. The van der Waals surface area contributed by atoms with Crippen LogP contribution in [0.25, 0.3) is 0 Å². The van der Waals surface area contributed by atoms with E-state index in [9.17, 15) is 9.59 Å². The van der Waals surface area contributed by atoms with Gasteiger partial charge in [-0.15, -0.1) is 0 Å². The molecule has 0 aliphatic carbocycles. The lowest BCUT2D eigenvalue weighted by Gasteiger charge is -2.15. The van der Waals surface area contributed by atoms with E-state index in [0.29, 0.717) is 5.69 Å². The predicted molar refractivity (Wildman–Crippen MR) is 61.0 cm³/mol. The number of hydrogen-bond acceptors (Lipinski definition) is 2. The number of hydrogen-bond donors (Lipinski definition) is 2. The molecule has 0 aliphatic rings. The summed E-state index contributed by atoms with van der Waals surface area (Å²) in [5.74, 6) is -2.82. The fraction of sp³-hybridized carbons (Fsp3) is 0.333. The summed E-state index contributed by atoms with van der Waals surface area (Å²) in [6.07, 6.45) is 0. The number of carboxylic acid groups (broad SMARTS) is 1. The minimum atomic E-state index is -1.09. The van der Waals surface area contributed by atoms with Crippen LogP contribution in [-0.2, 0) is 9.59 Å². The highest BCUT2D eigenvalue weighted by Gasteiger charge is 2.29. The fourth-order valence-corrected chi connectivity index (χ4v) is 1.44. The number of nitrogens with one attached hydrogen (secondary N) is 1. The summed E-state index contributed by atoms with van der Waals surface area (Å²) in [5.41, 5.74) is 0.611. The monoisotopic (exact) mass is 221 g/mol. The molecule has 86 valence electrons. The van der Waals surface area contributed by atoms with Crippen molar-refractivity contribution in [1.29, 1.82) is 0 Å². The van der Waals surface area contributed by atoms with Crippen molar-refractivity contribution in [2.75, 3.05) is 5.32 Å². The number of carbonyl (C=O) groups excluding carboxylic acids is 1. The molecule has 0 aliphatic heterocycles. The van der Waals surface area contributed by atoms with E-state index in [1.807, 2.05) is 6.07 Å². The van der Waals surface area contributed by atoms with Gasteiger partial charge in [0.25, 0.3) is 0 Å². The molecule has 1 amide bonds. The predicted octanol–water partition coefficient (Wildman–Crippen LogP) is 1.98. The van der Waals surface area contributed by atoms with Crippen molar-refractivity contribution in [2.45, 2.75) is 13.8 Å². The lowest BCUT2D eigenvalue weighted by molar-refractivity contribution is -0.147. The summed E-state index contributed by atoms with van der Waals surface area (Å²) in [6, 6.07) is 8.82. The first kappa shape index (κ1) is 12.2. The molecule has 1 aromatic rings. The Bertz CT molecular complexity index is 373. The number of carbonyl (C=O) groups is 2. The Labute approximate surface area is 94.3 Å². The van der Waals surface area contributed by atoms with Gasteiger partial charge in [0.1, 0.15) is 5.92 Å². The third-order valence-corrected chi connectivity index (χ3v) is 2.26. The second-order valence-corrected chi connectivity index (χ2v) is 3.92. The average molecular weight is 221 g/mol. The summed E-state index contributed by atoms with van der Waals surface area (Å²) in [5, 5.41) is 11.5. The maximum absolute atomic E-state index is 11.7. The van der Waals surface area contributed by atoms with Crippen LogP contribution >= 0.6 is 0 Å². The smallest absolute Gasteiger partial charge is 0.316 e. The van der Waals surface area contributed by atoms with Gasteiger partial charge in [-0.2, -0.15) is 0 Å².